The van der Waals surface area contributed by atoms with E-state index in [0.717, 1.165) is 21.9 Å². The van der Waals surface area contributed by atoms with Gasteiger partial charge in [0.25, 0.3) is 5.91 Å². The Balaban J connectivity index is 1.47. The summed E-state index contributed by atoms with van der Waals surface area (Å²) in [4.78, 5) is 12.6. The number of aliphatic hydroxyl groups is 1. The summed E-state index contributed by atoms with van der Waals surface area (Å²) in [5.41, 5.74) is 2.76. The summed E-state index contributed by atoms with van der Waals surface area (Å²) in [6.45, 7) is 0.122. The molecule has 4 rings (SSSR count). The van der Waals surface area contributed by atoms with Gasteiger partial charge in [-0.25, -0.2) is 0 Å². The lowest BCUT2D eigenvalue weighted by Crippen LogP contribution is -2.28. The van der Waals surface area contributed by atoms with Gasteiger partial charge in [-0.15, -0.1) is 0 Å². The first-order valence-electron chi connectivity index (χ1n) is 8.76. The van der Waals surface area contributed by atoms with Crippen molar-refractivity contribution < 1.29 is 9.90 Å². The van der Waals surface area contributed by atoms with Crippen LogP contribution in [0.15, 0.2) is 79.0 Å². The molecule has 1 aromatic heterocycles. The van der Waals surface area contributed by atoms with Crippen molar-refractivity contribution in [3.05, 3.63) is 90.1 Å². The fourth-order valence-corrected chi connectivity index (χ4v) is 3.10. The Morgan fingerprint density at radius 2 is 1.74 bits per heavy atom. The zero-order valence-corrected chi connectivity index (χ0v) is 14.6. The number of hydrogen-bond donors (Lipinski definition) is 3. The number of nitrogens with one attached hydrogen (secondary N) is 2. The van der Waals surface area contributed by atoms with Crippen molar-refractivity contribution in [1.29, 1.82) is 0 Å². The first-order valence-corrected chi connectivity index (χ1v) is 8.76. The highest BCUT2D eigenvalue weighted by molar-refractivity contribution is 5.99. The molecule has 5 nitrogen and oxygen atoms in total. The smallest absolute Gasteiger partial charge is 0.255 e. The number of carbonyl (C=O) groups excluding carboxylic acids is 1. The van der Waals surface area contributed by atoms with Gasteiger partial charge in [0.05, 0.1) is 23.6 Å². The Labute approximate surface area is 156 Å². The molecule has 0 spiro atoms. The number of benzene rings is 3. The molecule has 0 radical (unpaired) electrons. The average Bonchev–Trinajstić information content (AvgIpc) is 3.22. The third-order valence-electron chi connectivity index (χ3n) is 4.56. The van der Waals surface area contributed by atoms with Gasteiger partial charge in [0, 0.05) is 12.1 Å². The number of H-pyrrole nitrogens is 1. The van der Waals surface area contributed by atoms with Crippen LogP contribution in [-0.4, -0.2) is 27.8 Å². The Morgan fingerprint density at radius 3 is 2.56 bits per heavy atom. The van der Waals surface area contributed by atoms with Crippen molar-refractivity contribution in [3.63, 3.8) is 0 Å². The van der Waals surface area contributed by atoms with E-state index in [1.165, 1.54) is 6.20 Å². The first kappa shape index (κ1) is 17.0. The molecule has 0 saturated heterocycles. The summed E-state index contributed by atoms with van der Waals surface area (Å²) in [6, 6.07) is 23.3. The van der Waals surface area contributed by atoms with E-state index >= 15 is 0 Å². The van der Waals surface area contributed by atoms with Gasteiger partial charge >= 0.3 is 0 Å². The van der Waals surface area contributed by atoms with E-state index < -0.39 is 6.10 Å². The second-order valence-electron chi connectivity index (χ2n) is 6.36. The SMILES string of the molecule is O=C(NCC(O)c1ccc2ccccc2c1)c1cn[nH]c1-c1ccccc1. The molecule has 0 fully saturated rings. The largest absolute Gasteiger partial charge is 0.387 e. The molecule has 0 aliphatic heterocycles. The molecule has 1 atom stereocenters. The topological polar surface area (TPSA) is 78.0 Å². The fourth-order valence-electron chi connectivity index (χ4n) is 3.10. The Morgan fingerprint density at radius 1 is 1.00 bits per heavy atom. The van der Waals surface area contributed by atoms with Gasteiger partial charge in [0.15, 0.2) is 0 Å². The highest BCUT2D eigenvalue weighted by Gasteiger charge is 2.16. The number of amides is 1. The van der Waals surface area contributed by atoms with Gasteiger partial charge in [-0.05, 0) is 22.4 Å². The van der Waals surface area contributed by atoms with Crippen LogP contribution in [0.2, 0.25) is 0 Å². The lowest BCUT2D eigenvalue weighted by molar-refractivity contribution is 0.0917. The first-order chi connectivity index (χ1) is 13.2. The third kappa shape index (κ3) is 3.59. The fraction of sp³-hybridized carbons (Fsp3) is 0.0909. The zero-order chi connectivity index (χ0) is 18.6. The van der Waals surface area contributed by atoms with Crippen LogP contribution in [0.3, 0.4) is 0 Å². The number of hydrogen-bond acceptors (Lipinski definition) is 3. The van der Waals surface area contributed by atoms with Crippen molar-refractivity contribution in [2.24, 2.45) is 0 Å². The summed E-state index contributed by atoms with van der Waals surface area (Å²) in [5, 5.41) is 22.3. The third-order valence-corrected chi connectivity index (χ3v) is 4.56. The Kier molecular flexibility index (Phi) is 4.68. The van der Waals surface area contributed by atoms with Crippen LogP contribution >= 0.6 is 0 Å². The summed E-state index contributed by atoms with van der Waals surface area (Å²) in [5.74, 6) is -0.276. The Bertz CT molecular complexity index is 1070. The second-order valence-corrected chi connectivity index (χ2v) is 6.36. The summed E-state index contributed by atoms with van der Waals surface area (Å²) >= 11 is 0. The van der Waals surface area contributed by atoms with Crippen molar-refractivity contribution in [3.8, 4) is 11.3 Å². The highest BCUT2D eigenvalue weighted by atomic mass is 16.3. The van der Waals surface area contributed by atoms with E-state index in [0.29, 0.717) is 11.3 Å². The number of aromatic nitrogens is 2. The molecule has 3 N–H and O–H groups in total. The second kappa shape index (κ2) is 7.43. The van der Waals surface area contributed by atoms with Gasteiger partial charge in [0.2, 0.25) is 0 Å². The van der Waals surface area contributed by atoms with Crippen molar-refractivity contribution in [1.82, 2.24) is 15.5 Å². The van der Waals surface area contributed by atoms with Gasteiger partial charge in [0.1, 0.15) is 0 Å². The van der Waals surface area contributed by atoms with Gasteiger partial charge in [-0.2, -0.15) is 5.10 Å². The minimum atomic E-state index is -0.786. The quantitative estimate of drug-likeness (QED) is 0.510. The molecule has 0 saturated carbocycles. The van der Waals surface area contributed by atoms with Crippen LogP contribution in [0.5, 0.6) is 0 Å². The minimum Gasteiger partial charge on any atom is -0.387 e. The highest BCUT2D eigenvalue weighted by Crippen LogP contribution is 2.22. The molecule has 0 aliphatic rings. The number of nitrogens with zero attached hydrogens (tertiary/aromatic N) is 1. The average molecular weight is 357 g/mol. The lowest BCUT2D eigenvalue weighted by atomic mass is 10.0. The minimum absolute atomic E-state index is 0.122. The van der Waals surface area contributed by atoms with Crippen LogP contribution in [0.1, 0.15) is 22.0 Å². The number of carbonyl (C=O) groups is 1. The number of aromatic amines is 1. The summed E-state index contributed by atoms with van der Waals surface area (Å²) in [6.07, 6.45) is 0.714. The van der Waals surface area contributed by atoms with Crippen LogP contribution in [0, 0.1) is 0 Å². The standard InChI is InChI=1S/C22H19N3O2/c26-20(18-11-10-15-6-4-5-9-17(15)12-18)14-23-22(27)19-13-24-25-21(19)16-7-2-1-3-8-16/h1-13,20,26H,14H2,(H,23,27)(H,24,25). The Hall–Kier alpha value is -3.44. The van der Waals surface area contributed by atoms with Gasteiger partial charge < -0.3 is 10.4 Å². The molecule has 5 heteroatoms. The maximum atomic E-state index is 12.6. The van der Waals surface area contributed by atoms with Crippen molar-refractivity contribution >= 4 is 16.7 Å². The maximum Gasteiger partial charge on any atom is 0.255 e. The predicted octanol–water partition coefficient (Wildman–Crippen LogP) is 3.69. The van der Waals surface area contributed by atoms with Crippen LogP contribution in [0.25, 0.3) is 22.0 Å². The molecule has 4 aromatic rings. The van der Waals surface area contributed by atoms with E-state index in [-0.39, 0.29) is 12.5 Å². The van der Waals surface area contributed by atoms with Crippen LogP contribution in [-0.2, 0) is 0 Å². The van der Waals surface area contributed by atoms with E-state index in [2.05, 4.69) is 15.5 Å². The van der Waals surface area contributed by atoms with Gasteiger partial charge in [-0.1, -0.05) is 66.7 Å². The van der Waals surface area contributed by atoms with E-state index in [1.807, 2.05) is 72.8 Å². The van der Waals surface area contributed by atoms with Crippen molar-refractivity contribution in [2.75, 3.05) is 6.54 Å². The van der Waals surface area contributed by atoms with Crippen molar-refractivity contribution in [2.45, 2.75) is 6.10 Å². The summed E-state index contributed by atoms with van der Waals surface area (Å²) < 4.78 is 0. The normalized spacial score (nSPS) is 12.0. The predicted molar refractivity (Wildman–Crippen MR) is 105 cm³/mol. The number of aliphatic hydroxyl groups excluding tert-OH is 1. The van der Waals surface area contributed by atoms with E-state index in [9.17, 15) is 9.90 Å². The molecule has 0 aliphatic carbocycles. The molecular formula is C22H19N3O2. The lowest BCUT2D eigenvalue weighted by Gasteiger charge is -2.13. The molecule has 27 heavy (non-hydrogen) atoms. The molecule has 0 bridgehead atoms. The summed E-state index contributed by atoms with van der Waals surface area (Å²) in [7, 11) is 0. The molecule has 3 aromatic carbocycles. The molecule has 1 unspecified atom stereocenters. The van der Waals surface area contributed by atoms with Crippen LogP contribution < -0.4 is 5.32 Å². The van der Waals surface area contributed by atoms with Gasteiger partial charge in [-0.3, -0.25) is 9.89 Å². The van der Waals surface area contributed by atoms with E-state index in [4.69, 9.17) is 0 Å². The molecule has 1 heterocycles. The zero-order valence-electron chi connectivity index (χ0n) is 14.6. The number of rotatable bonds is 5. The maximum absolute atomic E-state index is 12.6. The molecule has 134 valence electrons. The molecule has 1 amide bonds. The van der Waals surface area contributed by atoms with Crippen LogP contribution in [0.4, 0.5) is 0 Å². The molecular weight excluding hydrogens is 338 g/mol. The van der Waals surface area contributed by atoms with E-state index in [1.54, 1.807) is 0 Å². The monoisotopic (exact) mass is 357 g/mol. The number of fused-ring (bicyclic) bond motifs is 1.